The molecular formula is C26H26BrClF3N5OS. The minimum Gasteiger partial charge on any atom is -0.367 e. The number of fused-ring (bicyclic) bond motifs is 1. The number of hydrogen-bond acceptors (Lipinski definition) is 4. The Bertz CT molecular complexity index is 1520. The standard InChI is InChI=1S/C26H26BrClF3N5OS/c1-4-18(26(29,30)31)10-9-17(2)38(3,37)35-13-11-19(12-14-35)33-24-15-23(20-7-5-6-8-22(20)28)34-25-21(27)16-32-36(24)25/h4-10,15-16,19,33H,1,3,11-14H2,2H3/b17-9+,18-10+. The number of piperidine rings is 1. The van der Waals surface area contributed by atoms with Gasteiger partial charge in [0.15, 0.2) is 5.65 Å². The number of benzene rings is 1. The molecule has 4 rings (SSSR count). The molecule has 0 aliphatic carbocycles. The van der Waals surface area contributed by atoms with E-state index in [9.17, 15) is 17.4 Å². The number of aromatic nitrogens is 3. The maximum atomic E-state index is 13.4. The van der Waals surface area contributed by atoms with E-state index < -0.39 is 21.5 Å². The molecule has 0 radical (unpaired) electrons. The Balaban J connectivity index is 1.52. The second-order valence-electron chi connectivity index (χ2n) is 8.82. The van der Waals surface area contributed by atoms with Gasteiger partial charge in [-0.2, -0.15) is 22.8 Å². The van der Waals surface area contributed by atoms with Gasteiger partial charge < -0.3 is 5.32 Å². The lowest BCUT2D eigenvalue weighted by molar-refractivity contribution is -0.0881. The number of hydrogen-bond donors (Lipinski definition) is 1. The second kappa shape index (κ2) is 11.3. The van der Waals surface area contributed by atoms with Crippen molar-refractivity contribution in [1.29, 1.82) is 0 Å². The van der Waals surface area contributed by atoms with Crippen LogP contribution in [0.15, 0.2) is 76.3 Å². The number of nitrogens with zero attached hydrogens (tertiary/aromatic N) is 4. The SMILES string of the molecule is C=C/C(=C\C=C(/C)S(=C)(=O)N1CCC(Nc2cc(-c3ccccc3Cl)nc3c(Br)cnn23)CC1)C(F)(F)F. The predicted octanol–water partition coefficient (Wildman–Crippen LogP) is 6.90. The summed E-state index contributed by atoms with van der Waals surface area (Å²) in [6.07, 6.45) is 1.26. The molecule has 1 aliphatic rings. The number of halogens is 5. The number of alkyl halides is 3. The smallest absolute Gasteiger partial charge is 0.367 e. The van der Waals surface area contributed by atoms with Crippen LogP contribution < -0.4 is 5.32 Å². The quantitative estimate of drug-likeness (QED) is 0.229. The number of anilines is 1. The maximum absolute atomic E-state index is 13.4. The van der Waals surface area contributed by atoms with Crippen molar-refractivity contribution in [2.24, 2.45) is 0 Å². The Morgan fingerprint density at radius 3 is 2.58 bits per heavy atom. The Morgan fingerprint density at radius 1 is 1.26 bits per heavy atom. The maximum Gasteiger partial charge on any atom is 0.416 e. The fraction of sp³-hybridized carbons (Fsp3) is 0.269. The Labute approximate surface area is 233 Å². The van der Waals surface area contributed by atoms with Gasteiger partial charge >= 0.3 is 6.18 Å². The summed E-state index contributed by atoms with van der Waals surface area (Å²) in [5, 5.41) is 8.53. The van der Waals surface area contributed by atoms with E-state index in [1.165, 1.54) is 13.0 Å². The van der Waals surface area contributed by atoms with Crippen LogP contribution >= 0.6 is 27.5 Å². The van der Waals surface area contributed by atoms with Gasteiger partial charge in [0.05, 0.1) is 31.6 Å². The third-order valence-electron chi connectivity index (χ3n) is 6.35. The molecule has 0 saturated carbocycles. The van der Waals surface area contributed by atoms with Crippen LogP contribution in [0.25, 0.3) is 16.9 Å². The van der Waals surface area contributed by atoms with Crippen LogP contribution in [0.1, 0.15) is 19.8 Å². The molecule has 1 atom stereocenters. The van der Waals surface area contributed by atoms with Gasteiger partial charge in [0, 0.05) is 40.7 Å². The molecule has 0 bridgehead atoms. The van der Waals surface area contributed by atoms with Gasteiger partial charge in [-0.05, 0) is 59.8 Å². The van der Waals surface area contributed by atoms with Crippen LogP contribution in [0.5, 0.6) is 0 Å². The molecule has 1 unspecified atom stereocenters. The van der Waals surface area contributed by atoms with Gasteiger partial charge in [0.2, 0.25) is 0 Å². The van der Waals surface area contributed by atoms with E-state index in [0.717, 1.165) is 28.0 Å². The van der Waals surface area contributed by atoms with Crippen molar-refractivity contribution in [2.75, 3.05) is 18.4 Å². The highest BCUT2D eigenvalue weighted by Crippen LogP contribution is 2.32. The fourth-order valence-corrected chi connectivity index (χ4v) is 6.21. The minimum atomic E-state index is -4.53. The molecule has 1 aromatic carbocycles. The number of allylic oxidation sites excluding steroid dienone is 5. The molecular weight excluding hydrogens is 603 g/mol. The third kappa shape index (κ3) is 6.01. The molecule has 3 aromatic rings. The molecule has 6 nitrogen and oxygen atoms in total. The van der Waals surface area contributed by atoms with Gasteiger partial charge in [0.25, 0.3) is 0 Å². The molecule has 3 heterocycles. The van der Waals surface area contributed by atoms with Gasteiger partial charge in [-0.25, -0.2) is 13.5 Å². The van der Waals surface area contributed by atoms with Crippen molar-refractivity contribution in [2.45, 2.75) is 32.0 Å². The van der Waals surface area contributed by atoms with E-state index >= 15 is 0 Å². The second-order valence-corrected chi connectivity index (χ2v) is 12.5. The summed E-state index contributed by atoms with van der Waals surface area (Å²) in [4.78, 5) is 4.99. The molecule has 1 saturated heterocycles. The van der Waals surface area contributed by atoms with E-state index in [4.69, 9.17) is 16.6 Å². The molecule has 0 spiro atoms. The molecule has 202 valence electrons. The van der Waals surface area contributed by atoms with Gasteiger partial charge in [-0.3, -0.25) is 0 Å². The minimum absolute atomic E-state index is 0.0379. The van der Waals surface area contributed by atoms with Crippen molar-refractivity contribution >= 4 is 54.6 Å². The molecule has 38 heavy (non-hydrogen) atoms. The first-order chi connectivity index (χ1) is 17.9. The summed E-state index contributed by atoms with van der Waals surface area (Å²) in [6.45, 7) is 5.65. The van der Waals surface area contributed by atoms with Crippen molar-refractivity contribution in [3.05, 3.63) is 81.3 Å². The summed E-state index contributed by atoms with van der Waals surface area (Å²) in [7, 11) is -2.91. The molecule has 1 aliphatic heterocycles. The van der Waals surface area contributed by atoms with E-state index in [-0.39, 0.29) is 10.9 Å². The van der Waals surface area contributed by atoms with Crippen molar-refractivity contribution in [3.8, 4) is 11.3 Å². The average molecular weight is 629 g/mol. The highest BCUT2D eigenvalue weighted by Gasteiger charge is 2.31. The lowest BCUT2D eigenvalue weighted by atomic mass is 10.1. The van der Waals surface area contributed by atoms with Gasteiger partial charge in [-0.15, -0.1) is 0 Å². The van der Waals surface area contributed by atoms with Crippen LogP contribution in [0, 0.1) is 0 Å². The molecule has 1 fully saturated rings. The first-order valence-corrected chi connectivity index (χ1v) is 14.5. The normalized spacial score (nSPS) is 17.9. The summed E-state index contributed by atoms with van der Waals surface area (Å²) in [6, 6.07) is 9.38. The predicted molar refractivity (Wildman–Crippen MR) is 153 cm³/mol. The number of rotatable bonds is 7. The summed E-state index contributed by atoms with van der Waals surface area (Å²) >= 11 is 9.92. The molecule has 1 N–H and O–H groups in total. The van der Waals surface area contributed by atoms with Crippen LogP contribution in [-0.2, 0) is 9.71 Å². The highest BCUT2D eigenvalue weighted by molar-refractivity contribution is 9.10. The zero-order valence-electron chi connectivity index (χ0n) is 20.5. The van der Waals surface area contributed by atoms with Crippen LogP contribution in [0.3, 0.4) is 0 Å². The van der Waals surface area contributed by atoms with Crippen molar-refractivity contribution in [3.63, 3.8) is 0 Å². The zero-order valence-corrected chi connectivity index (χ0v) is 23.7. The van der Waals surface area contributed by atoms with Gasteiger partial charge in [-0.1, -0.05) is 42.5 Å². The molecule has 0 amide bonds. The summed E-state index contributed by atoms with van der Waals surface area (Å²) < 4.78 is 56.6. The Kier molecular flexibility index (Phi) is 8.41. The summed E-state index contributed by atoms with van der Waals surface area (Å²) in [5.41, 5.74) is 1.22. The van der Waals surface area contributed by atoms with Crippen LogP contribution in [0.2, 0.25) is 5.02 Å². The zero-order chi connectivity index (χ0) is 27.7. The lowest BCUT2D eigenvalue weighted by Gasteiger charge is -2.35. The molecule has 12 heteroatoms. The number of nitrogens with one attached hydrogen (secondary N) is 1. The Hall–Kier alpha value is -2.60. The summed E-state index contributed by atoms with van der Waals surface area (Å²) in [5.74, 6) is 4.59. The van der Waals surface area contributed by atoms with Crippen LogP contribution in [0.4, 0.5) is 19.0 Å². The highest BCUT2D eigenvalue weighted by atomic mass is 79.9. The van der Waals surface area contributed by atoms with E-state index in [1.807, 2.05) is 24.3 Å². The lowest BCUT2D eigenvalue weighted by Crippen LogP contribution is -2.42. The molecule has 2 aromatic heterocycles. The van der Waals surface area contributed by atoms with E-state index in [0.29, 0.717) is 42.3 Å². The van der Waals surface area contributed by atoms with Crippen molar-refractivity contribution in [1.82, 2.24) is 18.9 Å². The van der Waals surface area contributed by atoms with E-state index in [1.54, 1.807) is 21.1 Å². The fourth-order valence-electron chi connectivity index (χ4n) is 4.15. The average Bonchev–Trinajstić information content (AvgIpc) is 3.25. The van der Waals surface area contributed by atoms with E-state index in [2.05, 4.69) is 38.8 Å². The largest absolute Gasteiger partial charge is 0.416 e. The van der Waals surface area contributed by atoms with Crippen molar-refractivity contribution < 1.29 is 17.4 Å². The third-order valence-corrected chi connectivity index (χ3v) is 9.58. The topological polar surface area (TPSA) is 62.5 Å². The monoisotopic (exact) mass is 627 g/mol. The first-order valence-electron chi connectivity index (χ1n) is 11.7. The first kappa shape index (κ1) is 28.4. The van der Waals surface area contributed by atoms with Gasteiger partial charge in [0.1, 0.15) is 5.82 Å². The Morgan fingerprint density at radius 2 is 1.95 bits per heavy atom. The van der Waals surface area contributed by atoms with Crippen LogP contribution in [-0.4, -0.2) is 54.3 Å².